The molecule has 3 rings (SSSR count). The zero-order valence-corrected chi connectivity index (χ0v) is 17.6. The molecule has 29 heavy (non-hydrogen) atoms. The van der Waals surface area contributed by atoms with Gasteiger partial charge in [0.1, 0.15) is 12.4 Å². The van der Waals surface area contributed by atoms with E-state index in [0.29, 0.717) is 18.8 Å². The number of carbonyl (C=O) groups is 1. The third kappa shape index (κ3) is 4.99. The van der Waals surface area contributed by atoms with Crippen LogP contribution in [0.2, 0.25) is 5.02 Å². The molecule has 0 spiro atoms. The van der Waals surface area contributed by atoms with E-state index in [-0.39, 0.29) is 16.5 Å². The molecule has 0 fully saturated rings. The lowest BCUT2D eigenvalue weighted by molar-refractivity contribution is 0.0947. The van der Waals surface area contributed by atoms with Crippen LogP contribution in [0.25, 0.3) is 10.8 Å². The molecule has 0 unspecified atom stereocenters. The van der Waals surface area contributed by atoms with Crippen molar-refractivity contribution in [2.75, 3.05) is 30.8 Å². The van der Waals surface area contributed by atoms with Gasteiger partial charge in [-0.05, 0) is 29.7 Å². The second kappa shape index (κ2) is 8.71. The number of fused-ring (bicyclic) bond motifs is 1. The minimum absolute atomic E-state index is 0.172. The monoisotopic (exact) mass is 432 g/mol. The summed E-state index contributed by atoms with van der Waals surface area (Å²) in [6.45, 7) is 0.593. The number of anilines is 1. The van der Waals surface area contributed by atoms with Gasteiger partial charge in [0.15, 0.2) is 0 Å². The van der Waals surface area contributed by atoms with Crippen LogP contribution in [0.1, 0.15) is 10.4 Å². The minimum atomic E-state index is -3.41. The largest absolute Gasteiger partial charge is 0.491 e. The zero-order chi connectivity index (χ0) is 21.0. The number of sulfonamides is 1. The van der Waals surface area contributed by atoms with Crippen LogP contribution >= 0.6 is 11.6 Å². The van der Waals surface area contributed by atoms with Gasteiger partial charge in [-0.1, -0.05) is 48.0 Å². The lowest BCUT2D eigenvalue weighted by atomic mass is 10.1. The van der Waals surface area contributed by atoms with Crippen LogP contribution in [0.5, 0.6) is 5.75 Å². The van der Waals surface area contributed by atoms with E-state index in [0.717, 1.165) is 27.1 Å². The number of hydrogen-bond acceptors (Lipinski definition) is 4. The number of rotatable bonds is 7. The van der Waals surface area contributed by atoms with E-state index >= 15 is 0 Å². The van der Waals surface area contributed by atoms with Gasteiger partial charge >= 0.3 is 0 Å². The molecule has 8 heteroatoms. The average molecular weight is 433 g/mol. The van der Waals surface area contributed by atoms with Crippen LogP contribution in [0, 0.1) is 0 Å². The summed E-state index contributed by atoms with van der Waals surface area (Å²) >= 11 is 6.18. The predicted molar refractivity (Wildman–Crippen MR) is 116 cm³/mol. The van der Waals surface area contributed by atoms with Crippen molar-refractivity contribution in [1.29, 1.82) is 0 Å². The van der Waals surface area contributed by atoms with Crippen LogP contribution < -0.4 is 14.4 Å². The Hall–Kier alpha value is -2.77. The number of carbonyl (C=O) groups excluding carboxylic acids is 1. The Bertz CT molecular complexity index is 1140. The number of ether oxygens (including phenoxy) is 1. The predicted octanol–water partition coefficient (Wildman–Crippen LogP) is 3.70. The Balaban J connectivity index is 1.59. The van der Waals surface area contributed by atoms with E-state index in [2.05, 4.69) is 5.32 Å². The first kappa shape index (κ1) is 21.0. The molecule has 0 aliphatic heterocycles. The highest BCUT2D eigenvalue weighted by Gasteiger charge is 2.16. The molecule has 1 amide bonds. The molecular weight excluding hydrogens is 412 g/mol. The summed E-state index contributed by atoms with van der Waals surface area (Å²) in [7, 11) is -1.99. The minimum Gasteiger partial charge on any atom is -0.491 e. The Morgan fingerprint density at radius 2 is 1.83 bits per heavy atom. The molecule has 0 aromatic heterocycles. The first-order chi connectivity index (χ1) is 13.8. The second-order valence-corrected chi connectivity index (χ2v) is 8.90. The maximum atomic E-state index is 12.4. The SMILES string of the molecule is CN(c1ccc(C(=O)NCCOc2cccc3ccccc23)c(Cl)c1)S(C)(=O)=O. The van der Waals surface area contributed by atoms with Gasteiger partial charge in [-0.3, -0.25) is 9.10 Å². The molecule has 1 N–H and O–H groups in total. The van der Waals surface area contributed by atoms with Crippen molar-refractivity contribution in [2.24, 2.45) is 0 Å². The number of nitrogens with zero attached hydrogens (tertiary/aromatic N) is 1. The third-order valence-corrected chi connectivity index (χ3v) is 5.97. The molecule has 0 heterocycles. The van der Waals surface area contributed by atoms with Gasteiger partial charge in [0, 0.05) is 12.4 Å². The smallest absolute Gasteiger partial charge is 0.252 e. The maximum Gasteiger partial charge on any atom is 0.252 e. The Labute approximate surface area is 175 Å². The molecule has 3 aromatic rings. The standard InChI is InChI=1S/C21H21ClN2O4S/c1-24(29(2,26)27)16-10-11-18(19(22)14-16)21(25)23-12-13-28-20-9-5-7-15-6-3-4-8-17(15)20/h3-11,14H,12-13H2,1-2H3,(H,23,25). The highest BCUT2D eigenvalue weighted by molar-refractivity contribution is 7.92. The molecule has 3 aromatic carbocycles. The van der Waals surface area contributed by atoms with E-state index in [9.17, 15) is 13.2 Å². The summed E-state index contributed by atoms with van der Waals surface area (Å²) in [5, 5.41) is 5.02. The fourth-order valence-corrected chi connectivity index (χ4v) is 3.57. The van der Waals surface area contributed by atoms with Crippen LogP contribution in [0.4, 0.5) is 5.69 Å². The second-order valence-electron chi connectivity index (χ2n) is 6.48. The van der Waals surface area contributed by atoms with Crippen LogP contribution in [0.3, 0.4) is 0 Å². The zero-order valence-electron chi connectivity index (χ0n) is 16.1. The fraction of sp³-hybridized carbons (Fsp3) is 0.190. The fourth-order valence-electron chi connectivity index (χ4n) is 2.82. The Morgan fingerprint density at radius 1 is 1.10 bits per heavy atom. The average Bonchev–Trinajstić information content (AvgIpc) is 2.69. The van der Waals surface area contributed by atoms with Gasteiger partial charge in [0.2, 0.25) is 10.0 Å². The van der Waals surface area contributed by atoms with Crippen molar-refractivity contribution in [1.82, 2.24) is 5.32 Å². The van der Waals surface area contributed by atoms with E-state index in [1.807, 2.05) is 42.5 Å². The number of hydrogen-bond donors (Lipinski definition) is 1. The third-order valence-electron chi connectivity index (χ3n) is 4.45. The summed E-state index contributed by atoms with van der Waals surface area (Å²) < 4.78 is 30.1. The maximum absolute atomic E-state index is 12.4. The molecule has 0 atom stereocenters. The Morgan fingerprint density at radius 3 is 2.55 bits per heavy atom. The van der Waals surface area contributed by atoms with E-state index in [1.54, 1.807) is 0 Å². The van der Waals surface area contributed by atoms with Crippen molar-refractivity contribution in [3.05, 3.63) is 71.2 Å². The molecule has 0 aliphatic rings. The lowest BCUT2D eigenvalue weighted by Crippen LogP contribution is -2.28. The van der Waals surface area contributed by atoms with Gasteiger partial charge in [-0.15, -0.1) is 0 Å². The summed E-state index contributed by atoms with van der Waals surface area (Å²) in [5.41, 5.74) is 0.649. The van der Waals surface area contributed by atoms with E-state index < -0.39 is 10.0 Å². The molecule has 0 radical (unpaired) electrons. The number of benzene rings is 3. The van der Waals surface area contributed by atoms with Gasteiger partial charge in [-0.25, -0.2) is 8.42 Å². The van der Waals surface area contributed by atoms with Crippen molar-refractivity contribution >= 4 is 44.0 Å². The summed E-state index contributed by atoms with van der Waals surface area (Å²) in [6, 6.07) is 18.2. The first-order valence-corrected chi connectivity index (χ1v) is 11.1. The van der Waals surface area contributed by atoms with Crippen LogP contribution in [-0.4, -0.2) is 40.8 Å². The first-order valence-electron chi connectivity index (χ1n) is 8.89. The van der Waals surface area contributed by atoms with Crippen molar-refractivity contribution in [3.8, 4) is 5.75 Å². The van der Waals surface area contributed by atoms with Crippen molar-refractivity contribution < 1.29 is 17.9 Å². The molecule has 152 valence electrons. The number of halogens is 1. The lowest BCUT2D eigenvalue weighted by Gasteiger charge is -2.17. The van der Waals surface area contributed by atoms with Gasteiger partial charge in [-0.2, -0.15) is 0 Å². The molecule has 0 saturated heterocycles. The normalized spacial score (nSPS) is 11.3. The topological polar surface area (TPSA) is 75.7 Å². The Kier molecular flexibility index (Phi) is 6.30. The van der Waals surface area contributed by atoms with E-state index in [1.165, 1.54) is 25.2 Å². The highest BCUT2D eigenvalue weighted by atomic mass is 35.5. The molecule has 0 saturated carbocycles. The van der Waals surface area contributed by atoms with Crippen LogP contribution in [-0.2, 0) is 10.0 Å². The molecule has 6 nitrogen and oxygen atoms in total. The van der Waals surface area contributed by atoms with Crippen LogP contribution in [0.15, 0.2) is 60.7 Å². The summed E-state index contributed by atoms with van der Waals surface area (Å²) in [4.78, 5) is 12.4. The van der Waals surface area contributed by atoms with Gasteiger partial charge < -0.3 is 10.1 Å². The van der Waals surface area contributed by atoms with Crippen molar-refractivity contribution in [2.45, 2.75) is 0 Å². The van der Waals surface area contributed by atoms with Gasteiger partial charge in [0.05, 0.1) is 29.1 Å². The quantitative estimate of drug-likeness (QED) is 0.577. The van der Waals surface area contributed by atoms with Crippen molar-refractivity contribution in [3.63, 3.8) is 0 Å². The van der Waals surface area contributed by atoms with E-state index in [4.69, 9.17) is 16.3 Å². The summed E-state index contributed by atoms with van der Waals surface area (Å²) in [6.07, 6.45) is 1.09. The number of amides is 1. The number of nitrogens with one attached hydrogen (secondary N) is 1. The summed E-state index contributed by atoms with van der Waals surface area (Å²) in [5.74, 6) is 0.397. The highest BCUT2D eigenvalue weighted by Crippen LogP contribution is 2.26. The molecule has 0 bridgehead atoms. The molecule has 0 aliphatic carbocycles. The molecular formula is C21H21ClN2O4S. The van der Waals surface area contributed by atoms with Gasteiger partial charge in [0.25, 0.3) is 5.91 Å².